The van der Waals surface area contributed by atoms with Crippen molar-refractivity contribution < 1.29 is 17.6 Å². The van der Waals surface area contributed by atoms with Crippen LogP contribution < -0.4 is 10.2 Å². The van der Waals surface area contributed by atoms with E-state index in [0.717, 1.165) is 50.0 Å². The molecule has 2 aromatic carbocycles. The number of hydrogen-bond donors (Lipinski definition) is 1. The maximum atomic E-state index is 14.4. The van der Waals surface area contributed by atoms with Crippen LogP contribution in [0.5, 0.6) is 0 Å². The fraction of sp³-hybridized carbons (Fsp3) is 0.435. The highest BCUT2D eigenvalue weighted by Crippen LogP contribution is 2.24. The molecule has 1 N–H and O–H groups in total. The molecular weight excluding hydrogens is 417 g/mol. The minimum absolute atomic E-state index is 0.130. The Morgan fingerprint density at radius 3 is 2.23 bits per heavy atom. The van der Waals surface area contributed by atoms with E-state index < -0.39 is 26.6 Å². The summed E-state index contributed by atoms with van der Waals surface area (Å²) in [6, 6.07) is 11.6. The zero-order valence-corrected chi connectivity index (χ0v) is 18.3. The van der Waals surface area contributed by atoms with Crippen molar-refractivity contribution in [3.8, 4) is 0 Å². The minimum atomic E-state index is -3.96. The number of carbonyl (C=O) groups excluding carboxylic acids is 1. The molecule has 166 valence electrons. The van der Waals surface area contributed by atoms with E-state index in [1.54, 1.807) is 0 Å². The molecule has 2 aromatic rings. The molecule has 31 heavy (non-hydrogen) atoms. The lowest BCUT2D eigenvalue weighted by Crippen LogP contribution is -2.36. The molecule has 2 heterocycles. The van der Waals surface area contributed by atoms with Crippen molar-refractivity contribution in [2.24, 2.45) is 0 Å². The molecule has 2 fully saturated rings. The van der Waals surface area contributed by atoms with Crippen LogP contribution in [-0.4, -0.2) is 44.8 Å². The van der Waals surface area contributed by atoms with Crippen molar-refractivity contribution in [1.29, 1.82) is 0 Å². The van der Waals surface area contributed by atoms with Gasteiger partial charge in [-0.3, -0.25) is 4.79 Å². The molecule has 0 spiro atoms. The van der Waals surface area contributed by atoms with E-state index in [9.17, 15) is 17.6 Å². The van der Waals surface area contributed by atoms with Crippen LogP contribution in [0.4, 0.5) is 10.1 Å². The van der Waals surface area contributed by atoms with E-state index in [1.807, 2.05) is 24.3 Å². The number of halogens is 1. The first-order valence-electron chi connectivity index (χ1n) is 10.9. The number of carbonyl (C=O) groups is 1. The van der Waals surface area contributed by atoms with Gasteiger partial charge in [0.2, 0.25) is 10.0 Å². The molecule has 2 aliphatic rings. The molecule has 0 atom stereocenters. The number of nitrogens with zero attached hydrogens (tertiary/aromatic N) is 2. The van der Waals surface area contributed by atoms with Gasteiger partial charge in [-0.25, -0.2) is 12.8 Å². The zero-order valence-electron chi connectivity index (χ0n) is 17.5. The molecule has 8 heteroatoms. The predicted octanol–water partition coefficient (Wildman–Crippen LogP) is 3.53. The van der Waals surface area contributed by atoms with Gasteiger partial charge in [0.05, 0.1) is 0 Å². The maximum absolute atomic E-state index is 14.4. The molecule has 0 bridgehead atoms. The van der Waals surface area contributed by atoms with Crippen LogP contribution in [0.15, 0.2) is 47.4 Å². The van der Waals surface area contributed by atoms with Gasteiger partial charge in [-0.05, 0) is 61.6 Å². The van der Waals surface area contributed by atoms with Gasteiger partial charge in [-0.1, -0.05) is 18.6 Å². The van der Waals surface area contributed by atoms with Crippen LogP contribution in [-0.2, 0) is 16.6 Å². The Bertz CT molecular complexity index is 1030. The number of benzene rings is 2. The van der Waals surface area contributed by atoms with Crippen LogP contribution in [0.25, 0.3) is 0 Å². The Morgan fingerprint density at radius 1 is 0.903 bits per heavy atom. The first-order chi connectivity index (χ1) is 14.9. The molecule has 0 saturated carbocycles. The van der Waals surface area contributed by atoms with Gasteiger partial charge < -0.3 is 10.2 Å². The Hall–Kier alpha value is -2.45. The number of anilines is 1. The van der Waals surface area contributed by atoms with E-state index in [1.165, 1.54) is 28.9 Å². The Kier molecular flexibility index (Phi) is 6.57. The van der Waals surface area contributed by atoms with Crippen molar-refractivity contribution in [3.05, 3.63) is 59.4 Å². The van der Waals surface area contributed by atoms with Gasteiger partial charge in [-0.2, -0.15) is 4.31 Å². The highest BCUT2D eigenvalue weighted by atomic mass is 32.2. The van der Waals surface area contributed by atoms with E-state index >= 15 is 0 Å². The molecule has 0 radical (unpaired) electrons. The second-order valence-electron chi connectivity index (χ2n) is 8.15. The monoisotopic (exact) mass is 445 g/mol. The number of amides is 1. The van der Waals surface area contributed by atoms with Crippen molar-refractivity contribution >= 4 is 21.6 Å². The molecule has 0 aliphatic carbocycles. The summed E-state index contributed by atoms with van der Waals surface area (Å²) in [5, 5.41) is 2.80. The number of hydrogen-bond acceptors (Lipinski definition) is 4. The van der Waals surface area contributed by atoms with Gasteiger partial charge in [-0.15, -0.1) is 0 Å². The average molecular weight is 446 g/mol. The highest BCUT2D eigenvalue weighted by molar-refractivity contribution is 7.89. The van der Waals surface area contributed by atoms with Gasteiger partial charge in [0.25, 0.3) is 5.91 Å². The smallest absolute Gasteiger partial charge is 0.251 e. The Labute approximate surface area is 183 Å². The van der Waals surface area contributed by atoms with Crippen LogP contribution >= 0.6 is 0 Å². The third-order valence-electron chi connectivity index (χ3n) is 5.99. The SMILES string of the molecule is O=C(NCc1ccc(N2CCCC2)cc1)c1ccc(F)c(S(=O)(=O)N2CCCCC2)c1. The number of rotatable bonds is 6. The quantitative estimate of drug-likeness (QED) is 0.739. The third kappa shape index (κ3) is 4.91. The number of nitrogens with one attached hydrogen (secondary N) is 1. The summed E-state index contributed by atoms with van der Waals surface area (Å²) in [4.78, 5) is 14.5. The fourth-order valence-electron chi connectivity index (χ4n) is 4.17. The van der Waals surface area contributed by atoms with Crippen molar-refractivity contribution in [2.75, 3.05) is 31.1 Å². The maximum Gasteiger partial charge on any atom is 0.251 e. The summed E-state index contributed by atoms with van der Waals surface area (Å²) in [7, 11) is -3.96. The van der Waals surface area contributed by atoms with Gasteiger partial charge in [0.15, 0.2) is 0 Å². The van der Waals surface area contributed by atoms with Crippen molar-refractivity contribution in [3.63, 3.8) is 0 Å². The highest BCUT2D eigenvalue weighted by Gasteiger charge is 2.29. The van der Waals surface area contributed by atoms with E-state index in [-0.39, 0.29) is 5.56 Å². The molecule has 0 aromatic heterocycles. The lowest BCUT2D eigenvalue weighted by Gasteiger charge is -2.26. The van der Waals surface area contributed by atoms with Crippen molar-refractivity contribution in [2.45, 2.75) is 43.5 Å². The summed E-state index contributed by atoms with van der Waals surface area (Å²) < 4.78 is 41.4. The Morgan fingerprint density at radius 2 is 1.55 bits per heavy atom. The summed E-state index contributed by atoms with van der Waals surface area (Å²) in [6.45, 7) is 3.22. The minimum Gasteiger partial charge on any atom is -0.372 e. The normalized spacial score (nSPS) is 17.6. The molecule has 4 rings (SSSR count). The summed E-state index contributed by atoms with van der Waals surface area (Å²) >= 11 is 0. The second-order valence-corrected chi connectivity index (χ2v) is 10.1. The molecule has 2 aliphatic heterocycles. The molecule has 1 amide bonds. The van der Waals surface area contributed by atoms with Crippen LogP contribution in [0, 0.1) is 5.82 Å². The zero-order chi connectivity index (χ0) is 21.8. The van der Waals surface area contributed by atoms with E-state index in [0.29, 0.717) is 19.6 Å². The number of piperidine rings is 1. The summed E-state index contributed by atoms with van der Waals surface area (Å²) in [5.74, 6) is -1.27. The Balaban J connectivity index is 1.43. The predicted molar refractivity (Wildman–Crippen MR) is 118 cm³/mol. The molecule has 6 nitrogen and oxygen atoms in total. The third-order valence-corrected chi connectivity index (χ3v) is 7.90. The largest absolute Gasteiger partial charge is 0.372 e. The first kappa shape index (κ1) is 21.8. The second kappa shape index (κ2) is 9.36. The molecule has 0 unspecified atom stereocenters. The fourth-order valence-corrected chi connectivity index (χ4v) is 5.78. The van der Waals surface area contributed by atoms with Crippen LogP contribution in [0.1, 0.15) is 48.0 Å². The van der Waals surface area contributed by atoms with Crippen molar-refractivity contribution in [1.82, 2.24) is 9.62 Å². The molecule has 2 saturated heterocycles. The van der Waals surface area contributed by atoms with Crippen LogP contribution in [0.3, 0.4) is 0 Å². The lowest BCUT2D eigenvalue weighted by atomic mass is 10.1. The lowest BCUT2D eigenvalue weighted by molar-refractivity contribution is 0.0950. The number of sulfonamides is 1. The summed E-state index contributed by atoms with van der Waals surface area (Å²) in [5.41, 5.74) is 2.25. The van der Waals surface area contributed by atoms with Crippen LogP contribution in [0.2, 0.25) is 0 Å². The summed E-state index contributed by atoms with van der Waals surface area (Å²) in [6.07, 6.45) is 4.92. The van der Waals surface area contributed by atoms with E-state index in [2.05, 4.69) is 10.2 Å². The van der Waals surface area contributed by atoms with E-state index in [4.69, 9.17) is 0 Å². The first-order valence-corrected chi connectivity index (χ1v) is 12.3. The average Bonchev–Trinajstić information content (AvgIpc) is 3.33. The molecular formula is C23H28FN3O3S. The van der Waals surface area contributed by atoms with Gasteiger partial charge >= 0.3 is 0 Å². The van der Waals surface area contributed by atoms with Gasteiger partial charge in [0, 0.05) is 44.0 Å². The standard InChI is InChI=1S/C23H28FN3O3S/c24-21-11-8-19(16-22(21)31(29,30)27-14-2-1-3-15-27)23(28)25-17-18-6-9-20(10-7-18)26-12-4-5-13-26/h6-11,16H,1-5,12-15,17H2,(H,25,28). The van der Waals surface area contributed by atoms with Gasteiger partial charge in [0.1, 0.15) is 10.7 Å². The topological polar surface area (TPSA) is 69.7 Å².